The summed E-state index contributed by atoms with van der Waals surface area (Å²) in [6.45, 7) is 5.08. The average molecular weight is 850 g/mol. The monoisotopic (exact) mass is 849 g/mol. The van der Waals surface area contributed by atoms with E-state index in [1.165, 1.54) is 109 Å². The van der Waals surface area contributed by atoms with Crippen molar-refractivity contribution in [2.24, 2.45) is 0 Å². The molecule has 0 radical (unpaired) electrons. The molecule has 18 nitrogen and oxygen atoms in total. The van der Waals surface area contributed by atoms with E-state index in [0.717, 1.165) is 13.7 Å². The number of aromatic hydroxyl groups is 3. The molecule has 0 saturated heterocycles. The number of hydrogen-bond acceptors (Lipinski definition) is 9. The molecule has 18 heteroatoms. The zero-order valence-electron chi connectivity index (χ0n) is 33.8. The zero-order chi connectivity index (χ0) is 44.9. The number of urea groups is 3. The van der Waals surface area contributed by atoms with Crippen LogP contribution in [0.5, 0.6) is 17.2 Å². The van der Waals surface area contributed by atoms with Gasteiger partial charge >= 0.3 is 35.2 Å². The van der Waals surface area contributed by atoms with Crippen molar-refractivity contribution in [3.63, 3.8) is 0 Å². The Morgan fingerprint density at radius 1 is 0.365 bits per heavy atom. The summed E-state index contributed by atoms with van der Waals surface area (Å²) >= 11 is 0. The summed E-state index contributed by atoms with van der Waals surface area (Å²) in [5.74, 6) is 0.0150. The third-order valence-electron chi connectivity index (χ3n) is 9.71. The van der Waals surface area contributed by atoms with Gasteiger partial charge in [0.2, 0.25) is 0 Å². The highest BCUT2D eigenvalue weighted by atomic mass is 16.3. The number of nitrogens with zero attached hydrogens (tertiary/aromatic N) is 3. The minimum atomic E-state index is -1.09. The van der Waals surface area contributed by atoms with Gasteiger partial charge in [-0.2, -0.15) is 0 Å². The maximum absolute atomic E-state index is 14.6. The molecule has 9 N–H and O–H groups in total. The summed E-state index contributed by atoms with van der Waals surface area (Å²) in [4.78, 5) is 83.1. The first-order valence-corrected chi connectivity index (χ1v) is 19.1. The Labute approximate surface area is 357 Å². The normalized spacial score (nSPS) is 10.7. The lowest BCUT2D eigenvalue weighted by molar-refractivity contribution is 0.261. The molecule has 1 aromatic heterocycles. The molecule has 0 fully saturated rings. The van der Waals surface area contributed by atoms with Gasteiger partial charge in [0.15, 0.2) is 0 Å². The molecule has 63 heavy (non-hydrogen) atoms. The molecule has 7 aromatic rings. The Morgan fingerprint density at radius 3 is 0.841 bits per heavy atom. The van der Waals surface area contributed by atoms with Crippen LogP contribution in [-0.2, 0) is 0 Å². The molecule has 0 aliphatic rings. The summed E-state index contributed by atoms with van der Waals surface area (Å²) in [5, 5.41) is 44.9. The fourth-order valence-corrected chi connectivity index (χ4v) is 6.35. The zero-order valence-corrected chi connectivity index (χ0v) is 33.8. The van der Waals surface area contributed by atoms with E-state index in [9.17, 15) is 44.1 Å². The van der Waals surface area contributed by atoms with Gasteiger partial charge in [0.1, 0.15) is 17.2 Å². The number of hydrogen-bond donors (Lipinski definition) is 9. The van der Waals surface area contributed by atoms with Crippen LogP contribution in [0.2, 0.25) is 0 Å². The summed E-state index contributed by atoms with van der Waals surface area (Å²) in [6.07, 6.45) is 0. The summed E-state index contributed by atoms with van der Waals surface area (Å²) in [7, 11) is 0. The molecule has 0 spiro atoms. The predicted molar refractivity (Wildman–Crippen MR) is 240 cm³/mol. The maximum Gasteiger partial charge on any atom is 0.345 e. The number of phenolic OH excluding ortho intramolecular Hbond substituents is 3. The number of aryl methyl sites for hydroxylation is 3. The number of nitrogens with one attached hydrogen (secondary N) is 6. The SMILES string of the molecule is Cc1ccc(-n2c(=O)n(-c3ccc(C)c(NC(=O)Nc4ccc(O)cc4)c3)c(=O)n(-c3ccc(C)c(NC(=O)Nc4ccc(O)cc4)c3)c2=O)cc1NC(=O)Nc1ccc(O)cc1. The van der Waals surface area contributed by atoms with E-state index < -0.39 is 35.2 Å². The van der Waals surface area contributed by atoms with E-state index >= 15 is 0 Å². The lowest BCUT2D eigenvalue weighted by atomic mass is 10.1. The molecule has 1 heterocycles. The standard InChI is InChI=1S/C45H39N9O9/c1-25-4-13-31(22-37(25)49-40(58)46-28-7-16-34(55)17-8-28)52-43(61)53(32-14-5-26(2)38(23-32)50-41(59)47-29-9-18-35(56)19-10-29)45(63)54(44(52)62)33-15-6-27(3)39(24-33)51-42(60)48-30-11-20-36(57)21-12-30/h4-24,55-57H,1-3H3,(H2,46,49,58)(H2,47,50,59)(H2,48,51,60). The molecule has 0 atom stereocenters. The highest BCUT2D eigenvalue weighted by Gasteiger charge is 2.22. The van der Waals surface area contributed by atoms with Crippen molar-refractivity contribution in [3.05, 3.63) is 176 Å². The van der Waals surface area contributed by atoms with Gasteiger partial charge in [-0.3, -0.25) is 0 Å². The van der Waals surface area contributed by atoms with Crippen molar-refractivity contribution >= 4 is 52.2 Å². The topological polar surface area (TPSA) is 250 Å². The molecule has 7 rings (SSSR count). The van der Waals surface area contributed by atoms with Crippen LogP contribution in [0.15, 0.2) is 142 Å². The van der Waals surface area contributed by atoms with Gasteiger partial charge in [-0.1, -0.05) is 18.2 Å². The largest absolute Gasteiger partial charge is 0.508 e. The van der Waals surface area contributed by atoms with Crippen molar-refractivity contribution in [2.75, 3.05) is 31.9 Å². The fourth-order valence-electron chi connectivity index (χ4n) is 6.35. The van der Waals surface area contributed by atoms with E-state index in [1.807, 2.05) is 0 Å². The molecular weight excluding hydrogens is 811 g/mol. The second-order valence-electron chi connectivity index (χ2n) is 14.2. The van der Waals surface area contributed by atoms with Gasteiger partial charge in [-0.15, -0.1) is 0 Å². The van der Waals surface area contributed by atoms with Crippen LogP contribution in [0.3, 0.4) is 0 Å². The molecule has 0 saturated carbocycles. The molecule has 0 bridgehead atoms. The molecule has 0 aliphatic carbocycles. The lowest BCUT2D eigenvalue weighted by Gasteiger charge is -2.18. The number of benzene rings is 6. The minimum absolute atomic E-state index is 0.00501. The number of amides is 6. The van der Waals surface area contributed by atoms with Crippen molar-refractivity contribution in [3.8, 4) is 34.3 Å². The smallest absolute Gasteiger partial charge is 0.345 e. The summed E-state index contributed by atoms with van der Waals surface area (Å²) in [5.41, 5.74) is 0.0565. The Morgan fingerprint density at radius 2 is 0.603 bits per heavy atom. The molecule has 0 aliphatic heterocycles. The van der Waals surface area contributed by atoms with Crippen LogP contribution in [0.4, 0.5) is 48.5 Å². The van der Waals surface area contributed by atoms with Crippen molar-refractivity contribution in [1.29, 1.82) is 0 Å². The van der Waals surface area contributed by atoms with E-state index in [0.29, 0.717) is 33.8 Å². The Hall–Kier alpha value is -9.06. The summed E-state index contributed by atoms with van der Waals surface area (Å²) < 4.78 is 2.25. The maximum atomic E-state index is 14.6. The first-order valence-electron chi connectivity index (χ1n) is 19.1. The Kier molecular flexibility index (Phi) is 11.8. The van der Waals surface area contributed by atoms with Crippen LogP contribution in [-0.4, -0.2) is 47.1 Å². The highest BCUT2D eigenvalue weighted by molar-refractivity contribution is 6.02. The molecule has 6 aromatic carbocycles. The number of phenols is 3. The van der Waals surface area contributed by atoms with Gasteiger partial charge in [0.25, 0.3) is 0 Å². The van der Waals surface area contributed by atoms with Crippen LogP contribution >= 0.6 is 0 Å². The van der Waals surface area contributed by atoms with Crippen molar-refractivity contribution in [2.45, 2.75) is 20.8 Å². The highest BCUT2D eigenvalue weighted by Crippen LogP contribution is 2.24. The second kappa shape index (κ2) is 17.7. The quantitative estimate of drug-likeness (QED) is 0.0670. The lowest BCUT2D eigenvalue weighted by Crippen LogP contribution is -2.52. The first kappa shape index (κ1) is 42.1. The molecule has 318 valence electrons. The van der Waals surface area contributed by atoms with Crippen LogP contribution < -0.4 is 49.0 Å². The van der Waals surface area contributed by atoms with Gasteiger partial charge in [0.05, 0.1) is 17.1 Å². The van der Waals surface area contributed by atoms with Gasteiger partial charge < -0.3 is 47.2 Å². The van der Waals surface area contributed by atoms with Crippen LogP contribution in [0.25, 0.3) is 17.1 Å². The minimum Gasteiger partial charge on any atom is -0.508 e. The molecule has 0 unspecified atom stereocenters. The number of carbonyl (C=O) groups excluding carboxylic acids is 3. The third kappa shape index (κ3) is 9.55. The molecule has 6 amide bonds. The Balaban J connectivity index is 1.33. The third-order valence-corrected chi connectivity index (χ3v) is 9.71. The van der Waals surface area contributed by atoms with E-state index in [4.69, 9.17) is 0 Å². The average Bonchev–Trinajstić information content (AvgIpc) is 3.24. The second-order valence-corrected chi connectivity index (χ2v) is 14.2. The first-order chi connectivity index (χ1) is 30.1. The van der Waals surface area contributed by atoms with Gasteiger partial charge in [-0.25, -0.2) is 42.5 Å². The van der Waals surface area contributed by atoms with E-state index in [2.05, 4.69) is 31.9 Å². The van der Waals surface area contributed by atoms with Crippen LogP contribution in [0, 0.1) is 20.8 Å². The number of carbonyl (C=O) groups is 3. The molecular formula is C45H39N9O9. The Bertz CT molecular complexity index is 2730. The fraction of sp³-hybridized carbons (Fsp3) is 0.0667. The van der Waals surface area contributed by atoms with E-state index in [1.54, 1.807) is 39.0 Å². The number of aromatic nitrogens is 3. The van der Waals surface area contributed by atoms with E-state index in [-0.39, 0.29) is 51.4 Å². The van der Waals surface area contributed by atoms with Gasteiger partial charge in [-0.05, 0) is 147 Å². The number of rotatable bonds is 9. The van der Waals surface area contributed by atoms with Crippen LogP contribution in [0.1, 0.15) is 16.7 Å². The van der Waals surface area contributed by atoms with Gasteiger partial charge in [0, 0.05) is 34.1 Å². The predicted octanol–water partition coefficient (Wildman–Crippen LogP) is 7.11. The van der Waals surface area contributed by atoms with Crippen molar-refractivity contribution in [1.82, 2.24) is 13.7 Å². The summed E-state index contributed by atoms with van der Waals surface area (Å²) in [6, 6.07) is 28.6. The number of anilines is 6. The van der Waals surface area contributed by atoms with Crippen molar-refractivity contribution < 1.29 is 29.7 Å².